The van der Waals surface area contributed by atoms with Crippen molar-refractivity contribution in [2.75, 3.05) is 12.4 Å². The molecule has 2 saturated carbocycles. The van der Waals surface area contributed by atoms with E-state index in [1.54, 1.807) is 0 Å². The first-order valence-electron chi connectivity index (χ1n) is 12.1. The third-order valence-electron chi connectivity index (χ3n) is 7.16. The van der Waals surface area contributed by atoms with E-state index in [0.717, 1.165) is 38.9 Å². The second-order valence-electron chi connectivity index (χ2n) is 9.43. The predicted molar refractivity (Wildman–Crippen MR) is 124 cm³/mol. The summed E-state index contributed by atoms with van der Waals surface area (Å²) in [5.74, 6) is 0.143. The Morgan fingerprint density at radius 1 is 0.848 bits per heavy atom. The molecule has 0 radical (unpaired) electrons. The molecular weight excluding hydrogens is 427 g/mol. The molecule has 33 heavy (non-hydrogen) atoms. The van der Waals surface area contributed by atoms with Gasteiger partial charge in [-0.1, -0.05) is 44.6 Å². The van der Waals surface area contributed by atoms with Crippen LogP contribution in [0, 0.1) is 0 Å². The first kappa shape index (κ1) is 23.7. The molecule has 2 aromatic rings. The summed E-state index contributed by atoms with van der Waals surface area (Å²) < 4.78 is 46.1. The summed E-state index contributed by atoms with van der Waals surface area (Å²) in [5.41, 5.74) is 2.13. The smallest absolute Gasteiger partial charge is 0.418 e. The van der Waals surface area contributed by atoms with Gasteiger partial charge >= 0.3 is 12.1 Å². The number of halogens is 3. The topological polar surface area (TPSA) is 38.3 Å². The molecule has 1 N–H and O–H groups in total. The van der Waals surface area contributed by atoms with Gasteiger partial charge in [0.15, 0.2) is 0 Å². The van der Waals surface area contributed by atoms with E-state index in [0.29, 0.717) is 17.5 Å². The number of hydrogen-bond acceptors (Lipinski definition) is 3. The molecule has 6 heteroatoms. The molecular formula is C27H32F3NO2. The Morgan fingerprint density at radius 3 is 1.88 bits per heavy atom. The van der Waals surface area contributed by atoms with Gasteiger partial charge in [-0.3, -0.25) is 0 Å². The maximum Gasteiger partial charge on any atom is 0.418 e. The minimum Gasteiger partial charge on any atom is -0.465 e. The monoisotopic (exact) mass is 459 g/mol. The number of methoxy groups -OCH3 is 1. The second kappa shape index (κ2) is 10.2. The zero-order chi connectivity index (χ0) is 23.4. The van der Waals surface area contributed by atoms with Crippen molar-refractivity contribution in [1.29, 1.82) is 0 Å². The zero-order valence-electron chi connectivity index (χ0n) is 19.1. The number of carbonyl (C=O) groups excluding carboxylic acids is 1. The average Bonchev–Trinajstić information content (AvgIpc) is 2.84. The van der Waals surface area contributed by atoms with Crippen LogP contribution >= 0.6 is 0 Å². The van der Waals surface area contributed by atoms with Crippen molar-refractivity contribution < 1.29 is 22.7 Å². The summed E-state index contributed by atoms with van der Waals surface area (Å²) in [6.07, 6.45) is 7.26. The highest BCUT2D eigenvalue weighted by Crippen LogP contribution is 2.41. The van der Waals surface area contributed by atoms with Crippen molar-refractivity contribution in [3.8, 4) is 0 Å². The lowest BCUT2D eigenvalue weighted by molar-refractivity contribution is -0.136. The van der Waals surface area contributed by atoms with E-state index in [9.17, 15) is 18.0 Å². The van der Waals surface area contributed by atoms with Gasteiger partial charge < -0.3 is 10.1 Å². The highest BCUT2D eigenvalue weighted by molar-refractivity contribution is 5.90. The summed E-state index contributed by atoms with van der Waals surface area (Å²) in [5, 5.41) is 3.05. The van der Waals surface area contributed by atoms with E-state index < -0.39 is 17.7 Å². The van der Waals surface area contributed by atoms with E-state index >= 15 is 0 Å². The van der Waals surface area contributed by atoms with E-state index in [-0.39, 0.29) is 11.3 Å². The number of rotatable bonds is 5. The number of anilines is 2. The predicted octanol–water partition coefficient (Wildman–Crippen LogP) is 8.33. The quantitative estimate of drug-likeness (QED) is 0.457. The second-order valence-corrected chi connectivity index (χ2v) is 9.43. The molecule has 4 rings (SSSR count). The van der Waals surface area contributed by atoms with Crippen LogP contribution in [-0.4, -0.2) is 13.1 Å². The Labute approximate surface area is 193 Å². The van der Waals surface area contributed by atoms with Crippen LogP contribution in [-0.2, 0) is 10.9 Å². The number of ether oxygens (including phenoxy) is 1. The van der Waals surface area contributed by atoms with E-state index in [1.165, 1.54) is 61.8 Å². The molecule has 0 amide bonds. The van der Waals surface area contributed by atoms with Crippen LogP contribution in [0.3, 0.4) is 0 Å². The third kappa shape index (κ3) is 5.71. The Bertz CT molecular complexity index is 938. The summed E-state index contributed by atoms with van der Waals surface area (Å²) >= 11 is 0. The number of hydrogen-bond donors (Lipinski definition) is 1. The van der Waals surface area contributed by atoms with Crippen LogP contribution in [0.2, 0.25) is 0 Å². The van der Waals surface area contributed by atoms with Crippen molar-refractivity contribution in [2.24, 2.45) is 0 Å². The summed E-state index contributed by atoms with van der Waals surface area (Å²) in [6, 6.07) is 9.91. The molecule has 2 aliphatic rings. The highest BCUT2D eigenvalue weighted by Gasteiger charge is 2.34. The van der Waals surface area contributed by atoms with Crippen molar-refractivity contribution in [1.82, 2.24) is 0 Å². The van der Waals surface area contributed by atoms with Gasteiger partial charge in [0.1, 0.15) is 0 Å². The average molecular weight is 460 g/mol. The van der Waals surface area contributed by atoms with Gasteiger partial charge in [0.25, 0.3) is 0 Å². The third-order valence-corrected chi connectivity index (χ3v) is 7.16. The molecule has 2 fully saturated rings. The number of nitrogens with one attached hydrogen (secondary N) is 1. The van der Waals surface area contributed by atoms with Gasteiger partial charge in [0, 0.05) is 5.69 Å². The first-order valence-corrected chi connectivity index (χ1v) is 12.1. The first-order chi connectivity index (χ1) is 15.8. The highest BCUT2D eigenvalue weighted by atomic mass is 19.4. The fourth-order valence-electron chi connectivity index (χ4n) is 5.38. The van der Waals surface area contributed by atoms with E-state index in [4.69, 9.17) is 0 Å². The van der Waals surface area contributed by atoms with Crippen LogP contribution in [0.5, 0.6) is 0 Å². The summed E-state index contributed by atoms with van der Waals surface area (Å²) in [4.78, 5) is 11.8. The minimum absolute atomic E-state index is 0.0504. The molecule has 0 atom stereocenters. The lowest BCUT2D eigenvalue weighted by atomic mass is 9.79. The Hall–Kier alpha value is -2.50. The number of esters is 1. The van der Waals surface area contributed by atoms with Gasteiger partial charge in [0.2, 0.25) is 0 Å². The van der Waals surface area contributed by atoms with Crippen LogP contribution in [0.1, 0.15) is 103 Å². The summed E-state index contributed by atoms with van der Waals surface area (Å²) in [6.45, 7) is 0. The van der Waals surface area contributed by atoms with Crippen LogP contribution in [0.25, 0.3) is 0 Å². The van der Waals surface area contributed by atoms with Crippen molar-refractivity contribution in [3.63, 3.8) is 0 Å². The molecule has 0 heterocycles. The Kier molecular flexibility index (Phi) is 7.30. The maximum absolute atomic E-state index is 13.8. The van der Waals surface area contributed by atoms with Crippen LogP contribution in [0.4, 0.5) is 24.5 Å². The zero-order valence-corrected chi connectivity index (χ0v) is 19.1. The minimum atomic E-state index is -4.60. The molecule has 0 spiro atoms. The molecule has 2 aliphatic carbocycles. The fourth-order valence-corrected chi connectivity index (χ4v) is 5.38. The van der Waals surface area contributed by atoms with Gasteiger partial charge in [-0.05, 0) is 79.0 Å². The van der Waals surface area contributed by atoms with Crippen molar-refractivity contribution >= 4 is 17.3 Å². The normalized spacial score (nSPS) is 18.2. The van der Waals surface area contributed by atoms with Crippen molar-refractivity contribution in [3.05, 3.63) is 58.7 Å². The molecule has 0 aromatic heterocycles. The molecule has 0 bridgehead atoms. The number of carbonyl (C=O) groups is 1. The SMILES string of the molecule is COC(=O)c1ccc(Nc2cc(C3CCCCC3)cc(C3CCCCC3)c2)c(C(F)(F)F)c1. The molecule has 2 aromatic carbocycles. The molecule has 0 saturated heterocycles. The van der Waals surface area contributed by atoms with E-state index in [2.05, 4.69) is 16.1 Å². The molecule has 0 aliphatic heterocycles. The largest absolute Gasteiger partial charge is 0.465 e. The number of alkyl halides is 3. The van der Waals surface area contributed by atoms with Gasteiger partial charge in [-0.2, -0.15) is 13.2 Å². The van der Waals surface area contributed by atoms with Gasteiger partial charge in [-0.15, -0.1) is 0 Å². The maximum atomic E-state index is 13.8. The van der Waals surface area contributed by atoms with Gasteiger partial charge in [0.05, 0.1) is 23.9 Å². The van der Waals surface area contributed by atoms with Crippen molar-refractivity contribution in [2.45, 2.75) is 82.2 Å². The Morgan fingerprint density at radius 2 is 1.39 bits per heavy atom. The standard InChI is InChI=1S/C27H32F3NO2/c1-33-26(32)20-12-13-25(24(17-20)27(28,29)30)31-23-15-21(18-8-4-2-5-9-18)14-22(16-23)19-10-6-3-7-11-19/h12-19,31H,2-11H2,1H3. The molecule has 3 nitrogen and oxygen atoms in total. The van der Waals surface area contributed by atoms with Gasteiger partial charge in [-0.25, -0.2) is 4.79 Å². The lowest BCUT2D eigenvalue weighted by Gasteiger charge is -2.27. The Balaban J connectivity index is 1.71. The number of benzene rings is 2. The van der Waals surface area contributed by atoms with E-state index in [1.807, 2.05) is 12.1 Å². The van der Waals surface area contributed by atoms with Crippen LogP contribution < -0.4 is 5.32 Å². The summed E-state index contributed by atoms with van der Waals surface area (Å²) in [7, 11) is 1.16. The lowest BCUT2D eigenvalue weighted by Crippen LogP contribution is -2.12. The molecule has 178 valence electrons. The van der Waals surface area contributed by atoms with Crippen LogP contribution in [0.15, 0.2) is 36.4 Å². The molecule has 0 unspecified atom stereocenters. The fraction of sp³-hybridized carbons (Fsp3) is 0.519.